The zero-order chi connectivity index (χ0) is 18.1. The van der Waals surface area contributed by atoms with Gasteiger partial charge in [0, 0.05) is 36.5 Å². The minimum absolute atomic E-state index is 0.00366. The number of methoxy groups -OCH3 is 1. The second kappa shape index (κ2) is 6.47. The second-order valence-corrected chi connectivity index (χ2v) is 6.00. The molecule has 1 fully saturated rings. The van der Waals surface area contributed by atoms with Gasteiger partial charge in [0.05, 0.1) is 13.0 Å². The van der Waals surface area contributed by atoms with Gasteiger partial charge in [0.25, 0.3) is 0 Å². The normalized spacial score (nSPS) is 16.9. The number of rotatable bonds is 4. The maximum Gasteiger partial charge on any atom is 0.247 e. The molecular weight excluding hydrogens is 336 g/mol. The average molecular weight is 352 g/mol. The number of H-pyrrole nitrogens is 1. The van der Waals surface area contributed by atoms with Crippen molar-refractivity contribution in [3.8, 4) is 17.1 Å². The van der Waals surface area contributed by atoms with Crippen LogP contribution in [-0.2, 0) is 4.79 Å². The molecule has 0 aliphatic carbocycles. The first kappa shape index (κ1) is 16.1. The molecule has 2 aromatic heterocycles. The highest BCUT2D eigenvalue weighted by atomic mass is 16.5. The van der Waals surface area contributed by atoms with E-state index in [2.05, 4.69) is 15.1 Å². The van der Waals surface area contributed by atoms with Crippen molar-refractivity contribution < 1.29 is 14.1 Å². The van der Waals surface area contributed by atoms with Crippen molar-refractivity contribution in [1.29, 1.82) is 0 Å². The Balaban J connectivity index is 1.53. The number of aromatic nitrogens is 3. The number of amides is 1. The van der Waals surface area contributed by atoms with Gasteiger partial charge in [-0.15, -0.1) is 0 Å². The van der Waals surface area contributed by atoms with Crippen LogP contribution in [0.4, 0.5) is 5.69 Å². The van der Waals surface area contributed by atoms with Crippen molar-refractivity contribution in [2.45, 2.75) is 12.3 Å². The molecular formula is C18H16N4O4. The zero-order valence-corrected chi connectivity index (χ0v) is 14.0. The van der Waals surface area contributed by atoms with Gasteiger partial charge < -0.3 is 19.1 Å². The van der Waals surface area contributed by atoms with E-state index >= 15 is 0 Å². The number of benzene rings is 1. The van der Waals surface area contributed by atoms with Gasteiger partial charge in [-0.2, -0.15) is 4.98 Å². The topological polar surface area (TPSA) is 101 Å². The number of carbonyl (C=O) groups is 1. The third-order valence-corrected chi connectivity index (χ3v) is 4.34. The predicted molar refractivity (Wildman–Crippen MR) is 93.1 cm³/mol. The molecule has 1 atom stereocenters. The summed E-state index contributed by atoms with van der Waals surface area (Å²) in [5.74, 6) is 1.36. The van der Waals surface area contributed by atoms with E-state index in [1.54, 1.807) is 18.1 Å². The van der Waals surface area contributed by atoms with E-state index < -0.39 is 0 Å². The summed E-state index contributed by atoms with van der Waals surface area (Å²) in [4.78, 5) is 32.2. The Bertz CT molecular complexity index is 972. The average Bonchev–Trinajstić information content (AvgIpc) is 3.29. The van der Waals surface area contributed by atoms with Crippen LogP contribution in [0.15, 0.2) is 51.9 Å². The van der Waals surface area contributed by atoms with Crippen LogP contribution in [-0.4, -0.2) is 34.7 Å². The van der Waals surface area contributed by atoms with Crippen LogP contribution < -0.4 is 15.2 Å². The molecule has 3 aromatic rings. The number of pyridine rings is 1. The summed E-state index contributed by atoms with van der Waals surface area (Å²) < 4.78 is 10.5. The summed E-state index contributed by atoms with van der Waals surface area (Å²) >= 11 is 0. The molecule has 1 amide bonds. The first-order valence-electron chi connectivity index (χ1n) is 8.11. The molecule has 1 aromatic carbocycles. The number of hydrogen-bond donors (Lipinski definition) is 1. The van der Waals surface area contributed by atoms with E-state index in [1.807, 2.05) is 24.3 Å². The number of anilines is 1. The first-order valence-corrected chi connectivity index (χ1v) is 8.11. The van der Waals surface area contributed by atoms with E-state index in [4.69, 9.17) is 9.26 Å². The molecule has 0 bridgehead atoms. The predicted octanol–water partition coefficient (Wildman–Crippen LogP) is 1.95. The molecule has 0 spiro atoms. The molecule has 0 unspecified atom stereocenters. The third kappa shape index (κ3) is 2.97. The van der Waals surface area contributed by atoms with E-state index in [9.17, 15) is 9.59 Å². The number of ether oxygens (including phenoxy) is 1. The van der Waals surface area contributed by atoms with Crippen LogP contribution >= 0.6 is 0 Å². The number of nitrogens with one attached hydrogen (secondary N) is 1. The van der Waals surface area contributed by atoms with E-state index in [0.29, 0.717) is 30.2 Å². The highest BCUT2D eigenvalue weighted by Gasteiger charge is 2.35. The molecule has 3 heterocycles. The SMILES string of the molecule is COc1ccc(N2C[C@@H](c3nc(-c4ccc(=O)[nH]c4)no3)CC2=O)cc1. The Morgan fingerprint density at radius 1 is 1.19 bits per heavy atom. The molecule has 4 rings (SSSR count). The zero-order valence-electron chi connectivity index (χ0n) is 14.0. The van der Waals surface area contributed by atoms with Crippen molar-refractivity contribution in [2.75, 3.05) is 18.6 Å². The molecule has 0 radical (unpaired) electrons. The molecule has 1 aliphatic rings. The Morgan fingerprint density at radius 2 is 2.00 bits per heavy atom. The van der Waals surface area contributed by atoms with Gasteiger partial charge in [-0.05, 0) is 30.3 Å². The van der Waals surface area contributed by atoms with Gasteiger partial charge >= 0.3 is 0 Å². The third-order valence-electron chi connectivity index (χ3n) is 4.34. The van der Waals surface area contributed by atoms with Gasteiger partial charge in [-0.3, -0.25) is 9.59 Å². The standard InChI is InChI=1S/C18H16N4O4/c1-25-14-5-3-13(4-6-14)22-10-12(8-16(22)24)18-20-17(21-26-18)11-2-7-15(23)19-9-11/h2-7,9,12H,8,10H2,1H3,(H,19,23)/t12-/m0/s1. The monoisotopic (exact) mass is 352 g/mol. The van der Waals surface area contributed by atoms with Gasteiger partial charge in [0.2, 0.25) is 23.2 Å². The van der Waals surface area contributed by atoms with E-state index in [0.717, 1.165) is 11.4 Å². The summed E-state index contributed by atoms with van der Waals surface area (Å²) in [7, 11) is 1.60. The van der Waals surface area contributed by atoms with Crippen LogP contribution in [0.5, 0.6) is 5.75 Å². The molecule has 1 aliphatic heterocycles. The van der Waals surface area contributed by atoms with Crippen LogP contribution in [0, 0.1) is 0 Å². The first-order chi connectivity index (χ1) is 12.6. The summed E-state index contributed by atoms with van der Waals surface area (Å²) in [5.41, 5.74) is 1.25. The smallest absolute Gasteiger partial charge is 0.247 e. The molecule has 26 heavy (non-hydrogen) atoms. The van der Waals surface area contributed by atoms with Crippen molar-refractivity contribution in [3.05, 3.63) is 58.8 Å². The number of aromatic amines is 1. The van der Waals surface area contributed by atoms with Crippen molar-refractivity contribution >= 4 is 11.6 Å². The lowest BCUT2D eigenvalue weighted by Gasteiger charge is -2.16. The van der Waals surface area contributed by atoms with E-state index in [-0.39, 0.29) is 17.4 Å². The minimum Gasteiger partial charge on any atom is -0.497 e. The van der Waals surface area contributed by atoms with Crippen LogP contribution in [0.1, 0.15) is 18.2 Å². The summed E-state index contributed by atoms with van der Waals surface area (Å²) in [6.45, 7) is 0.471. The summed E-state index contributed by atoms with van der Waals surface area (Å²) in [6.07, 6.45) is 1.83. The van der Waals surface area contributed by atoms with Crippen LogP contribution in [0.25, 0.3) is 11.4 Å². The molecule has 132 valence electrons. The Kier molecular flexibility index (Phi) is 4.00. The lowest BCUT2D eigenvalue weighted by molar-refractivity contribution is -0.117. The molecule has 1 saturated heterocycles. The highest BCUT2D eigenvalue weighted by molar-refractivity contribution is 5.96. The van der Waals surface area contributed by atoms with Gasteiger partial charge in [-0.25, -0.2) is 0 Å². The van der Waals surface area contributed by atoms with Crippen molar-refractivity contribution in [3.63, 3.8) is 0 Å². The Hall–Kier alpha value is -3.42. The van der Waals surface area contributed by atoms with E-state index in [1.165, 1.54) is 12.3 Å². The molecule has 1 N–H and O–H groups in total. The number of hydrogen-bond acceptors (Lipinski definition) is 6. The number of nitrogens with zero attached hydrogens (tertiary/aromatic N) is 3. The fourth-order valence-electron chi connectivity index (χ4n) is 2.95. The maximum absolute atomic E-state index is 12.4. The lowest BCUT2D eigenvalue weighted by atomic mass is 10.1. The molecule has 0 saturated carbocycles. The largest absolute Gasteiger partial charge is 0.497 e. The summed E-state index contributed by atoms with van der Waals surface area (Å²) in [5, 5.41) is 3.95. The molecule has 8 heteroatoms. The fraction of sp³-hybridized carbons (Fsp3) is 0.222. The van der Waals surface area contributed by atoms with Gasteiger partial charge in [-0.1, -0.05) is 5.16 Å². The quantitative estimate of drug-likeness (QED) is 0.770. The van der Waals surface area contributed by atoms with Crippen molar-refractivity contribution in [2.24, 2.45) is 0 Å². The van der Waals surface area contributed by atoms with Gasteiger partial charge in [0.1, 0.15) is 5.75 Å². The van der Waals surface area contributed by atoms with Crippen LogP contribution in [0.3, 0.4) is 0 Å². The Labute approximate surface area is 148 Å². The summed E-state index contributed by atoms with van der Waals surface area (Å²) in [6, 6.07) is 10.3. The van der Waals surface area contributed by atoms with Crippen LogP contribution in [0.2, 0.25) is 0 Å². The molecule has 8 nitrogen and oxygen atoms in total. The van der Waals surface area contributed by atoms with Crippen molar-refractivity contribution in [1.82, 2.24) is 15.1 Å². The second-order valence-electron chi connectivity index (χ2n) is 6.00. The van der Waals surface area contributed by atoms with Gasteiger partial charge in [0.15, 0.2) is 0 Å². The fourth-order valence-corrected chi connectivity index (χ4v) is 2.95. The Morgan fingerprint density at radius 3 is 2.69 bits per heavy atom. The highest BCUT2D eigenvalue weighted by Crippen LogP contribution is 2.32. The number of carbonyl (C=O) groups excluding carboxylic acids is 1. The minimum atomic E-state index is -0.200. The lowest BCUT2D eigenvalue weighted by Crippen LogP contribution is -2.24. The maximum atomic E-state index is 12.4.